The van der Waals surface area contributed by atoms with Crippen molar-refractivity contribution in [2.45, 2.75) is 6.54 Å². The molecular formula is C10H11N7O2. The Morgan fingerprint density at radius 1 is 1.53 bits per heavy atom. The summed E-state index contributed by atoms with van der Waals surface area (Å²) in [5.74, 6) is -0.374. The highest BCUT2D eigenvalue weighted by atomic mass is 16.3. The first kappa shape index (κ1) is 12.5. The summed E-state index contributed by atoms with van der Waals surface area (Å²) in [4.78, 5) is 12.5. The van der Waals surface area contributed by atoms with Crippen molar-refractivity contribution in [1.29, 1.82) is 0 Å². The van der Waals surface area contributed by atoms with Crippen molar-refractivity contribution in [3.05, 3.63) is 29.8 Å². The standard InChI is InChI=1S/C10H11N7O2/c11-10-14-16-17(15-10)6-9(19)13-12-5-7-3-1-2-4-8(7)18/h1-5,18H,6H2,(H2,11,15)(H,13,19)/b12-5+. The number of benzene rings is 1. The fraction of sp³-hybridized carbons (Fsp3) is 0.100. The van der Waals surface area contributed by atoms with Crippen LogP contribution in [0.4, 0.5) is 5.95 Å². The number of rotatable bonds is 4. The van der Waals surface area contributed by atoms with Crippen LogP contribution in [0.2, 0.25) is 0 Å². The predicted octanol–water partition coefficient (Wildman–Crippen LogP) is -0.889. The molecule has 0 unspecified atom stereocenters. The van der Waals surface area contributed by atoms with E-state index in [1.807, 2.05) is 0 Å². The third-order valence-electron chi connectivity index (χ3n) is 2.08. The summed E-state index contributed by atoms with van der Waals surface area (Å²) in [7, 11) is 0. The number of phenols is 1. The number of amides is 1. The van der Waals surface area contributed by atoms with Crippen LogP contribution < -0.4 is 11.2 Å². The Balaban J connectivity index is 1.88. The van der Waals surface area contributed by atoms with E-state index in [1.165, 1.54) is 12.3 Å². The van der Waals surface area contributed by atoms with Crippen LogP contribution in [0.5, 0.6) is 5.75 Å². The van der Waals surface area contributed by atoms with Gasteiger partial charge < -0.3 is 10.8 Å². The number of hydrogen-bond donors (Lipinski definition) is 3. The molecule has 1 aromatic heterocycles. The Kier molecular flexibility index (Phi) is 3.67. The molecule has 0 bridgehead atoms. The van der Waals surface area contributed by atoms with E-state index in [2.05, 4.69) is 25.9 Å². The van der Waals surface area contributed by atoms with Gasteiger partial charge >= 0.3 is 0 Å². The fourth-order valence-corrected chi connectivity index (χ4v) is 1.26. The number of aromatic nitrogens is 4. The van der Waals surface area contributed by atoms with Gasteiger partial charge in [-0.05, 0) is 17.3 Å². The van der Waals surface area contributed by atoms with E-state index in [9.17, 15) is 9.90 Å². The molecule has 0 saturated heterocycles. The summed E-state index contributed by atoms with van der Waals surface area (Å²) >= 11 is 0. The minimum Gasteiger partial charge on any atom is -0.507 e. The van der Waals surface area contributed by atoms with E-state index in [4.69, 9.17) is 5.73 Å². The number of hydrogen-bond acceptors (Lipinski definition) is 7. The Labute approximate surface area is 107 Å². The number of carbonyl (C=O) groups is 1. The number of nitrogen functional groups attached to an aromatic ring is 1. The molecule has 0 fully saturated rings. The SMILES string of the molecule is Nc1nnn(CC(=O)N/N=C/c2ccccc2O)n1. The van der Waals surface area contributed by atoms with Gasteiger partial charge in [-0.3, -0.25) is 4.79 Å². The van der Waals surface area contributed by atoms with Crippen LogP contribution in [-0.4, -0.2) is 37.4 Å². The maximum absolute atomic E-state index is 11.4. The van der Waals surface area contributed by atoms with E-state index < -0.39 is 5.91 Å². The van der Waals surface area contributed by atoms with Crippen LogP contribution in [0.1, 0.15) is 5.56 Å². The normalized spacial score (nSPS) is 10.7. The average molecular weight is 261 g/mol. The molecule has 0 aliphatic carbocycles. The molecule has 0 saturated carbocycles. The van der Waals surface area contributed by atoms with E-state index in [0.717, 1.165) is 4.80 Å². The van der Waals surface area contributed by atoms with Crippen molar-refractivity contribution in [3.63, 3.8) is 0 Å². The van der Waals surface area contributed by atoms with Crippen molar-refractivity contribution in [2.24, 2.45) is 5.10 Å². The molecule has 2 aromatic rings. The minimum atomic E-state index is -0.441. The fourth-order valence-electron chi connectivity index (χ4n) is 1.26. The van der Waals surface area contributed by atoms with E-state index in [1.54, 1.807) is 18.2 Å². The number of para-hydroxylation sites is 1. The van der Waals surface area contributed by atoms with Gasteiger partial charge in [-0.25, -0.2) is 5.43 Å². The topological polar surface area (TPSA) is 131 Å². The Morgan fingerprint density at radius 2 is 2.32 bits per heavy atom. The Bertz CT molecular complexity index is 607. The van der Waals surface area contributed by atoms with Crippen LogP contribution in [-0.2, 0) is 11.3 Å². The summed E-state index contributed by atoms with van der Waals surface area (Å²) in [5, 5.41) is 23.8. The smallest absolute Gasteiger partial charge is 0.263 e. The van der Waals surface area contributed by atoms with Gasteiger partial charge in [-0.15, -0.1) is 5.10 Å². The quantitative estimate of drug-likeness (QED) is 0.483. The number of carbonyl (C=O) groups excluding carboxylic acids is 1. The summed E-state index contributed by atoms with van der Waals surface area (Å²) in [6.45, 7) is -0.150. The Hall–Kier alpha value is -2.97. The lowest BCUT2D eigenvalue weighted by atomic mass is 10.2. The molecule has 19 heavy (non-hydrogen) atoms. The lowest BCUT2D eigenvalue weighted by molar-refractivity contribution is -0.122. The molecule has 1 amide bonds. The number of nitrogens with one attached hydrogen (secondary N) is 1. The summed E-state index contributed by atoms with van der Waals surface area (Å²) < 4.78 is 0. The van der Waals surface area contributed by atoms with Gasteiger partial charge in [0, 0.05) is 5.56 Å². The van der Waals surface area contributed by atoms with Crippen molar-refractivity contribution in [2.75, 3.05) is 5.73 Å². The maximum Gasteiger partial charge on any atom is 0.263 e. The lowest BCUT2D eigenvalue weighted by Crippen LogP contribution is -2.24. The third kappa shape index (κ3) is 3.49. The van der Waals surface area contributed by atoms with Crippen molar-refractivity contribution in [1.82, 2.24) is 25.6 Å². The second-order valence-electron chi connectivity index (χ2n) is 3.53. The summed E-state index contributed by atoms with van der Waals surface area (Å²) in [6.07, 6.45) is 1.33. The number of hydrazone groups is 1. The second kappa shape index (κ2) is 5.58. The van der Waals surface area contributed by atoms with Gasteiger partial charge in [0.2, 0.25) is 0 Å². The van der Waals surface area contributed by atoms with Crippen LogP contribution in [0.3, 0.4) is 0 Å². The highest BCUT2D eigenvalue weighted by Crippen LogP contribution is 2.12. The average Bonchev–Trinajstić information content (AvgIpc) is 2.77. The molecule has 98 valence electrons. The summed E-state index contributed by atoms with van der Waals surface area (Å²) in [5.41, 5.74) is 8.01. The van der Waals surface area contributed by atoms with Crippen LogP contribution in [0.25, 0.3) is 0 Å². The highest BCUT2D eigenvalue weighted by molar-refractivity contribution is 5.84. The number of nitrogens with zero attached hydrogens (tertiary/aromatic N) is 5. The van der Waals surface area contributed by atoms with Gasteiger partial charge in [0.15, 0.2) is 0 Å². The molecule has 9 nitrogen and oxygen atoms in total. The zero-order valence-electron chi connectivity index (χ0n) is 9.76. The van der Waals surface area contributed by atoms with Crippen LogP contribution in [0, 0.1) is 0 Å². The number of tetrazole rings is 1. The van der Waals surface area contributed by atoms with Gasteiger partial charge in [0.1, 0.15) is 12.3 Å². The monoisotopic (exact) mass is 261 g/mol. The lowest BCUT2D eigenvalue weighted by Gasteiger charge is -1.99. The van der Waals surface area contributed by atoms with Crippen LogP contribution in [0.15, 0.2) is 29.4 Å². The summed E-state index contributed by atoms with van der Waals surface area (Å²) in [6, 6.07) is 6.60. The van der Waals surface area contributed by atoms with Gasteiger partial charge in [0.25, 0.3) is 11.9 Å². The zero-order chi connectivity index (χ0) is 13.7. The molecule has 9 heteroatoms. The molecular weight excluding hydrogens is 250 g/mol. The van der Waals surface area contributed by atoms with Crippen molar-refractivity contribution >= 4 is 18.1 Å². The number of anilines is 1. The number of nitrogens with two attached hydrogens (primary N) is 1. The molecule has 0 aliphatic heterocycles. The molecule has 1 aromatic carbocycles. The van der Waals surface area contributed by atoms with Gasteiger partial charge in [-0.2, -0.15) is 9.90 Å². The molecule has 0 radical (unpaired) electrons. The van der Waals surface area contributed by atoms with Gasteiger partial charge in [-0.1, -0.05) is 17.2 Å². The minimum absolute atomic E-state index is 0.00879. The van der Waals surface area contributed by atoms with Gasteiger partial charge in [0.05, 0.1) is 6.21 Å². The first-order chi connectivity index (χ1) is 9.15. The molecule has 0 spiro atoms. The number of phenolic OH excluding ortho intramolecular Hbond substituents is 1. The molecule has 1 heterocycles. The van der Waals surface area contributed by atoms with E-state index in [0.29, 0.717) is 5.56 Å². The maximum atomic E-state index is 11.4. The third-order valence-corrected chi connectivity index (χ3v) is 2.08. The molecule has 0 aliphatic rings. The van der Waals surface area contributed by atoms with E-state index in [-0.39, 0.29) is 18.2 Å². The Morgan fingerprint density at radius 3 is 3.00 bits per heavy atom. The first-order valence-electron chi connectivity index (χ1n) is 5.28. The largest absolute Gasteiger partial charge is 0.507 e. The van der Waals surface area contributed by atoms with Crippen LogP contribution >= 0.6 is 0 Å². The van der Waals surface area contributed by atoms with Crippen molar-refractivity contribution in [3.8, 4) is 5.75 Å². The number of aromatic hydroxyl groups is 1. The molecule has 4 N–H and O–H groups in total. The zero-order valence-corrected chi connectivity index (χ0v) is 9.76. The predicted molar refractivity (Wildman–Crippen MR) is 66.1 cm³/mol. The van der Waals surface area contributed by atoms with Crippen molar-refractivity contribution < 1.29 is 9.90 Å². The van der Waals surface area contributed by atoms with E-state index >= 15 is 0 Å². The molecule has 2 rings (SSSR count). The highest BCUT2D eigenvalue weighted by Gasteiger charge is 2.04. The second-order valence-corrected chi connectivity index (χ2v) is 3.53. The molecule has 0 atom stereocenters. The first-order valence-corrected chi connectivity index (χ1v) is 5.28.